The van der Waals surface area contributed by atoms with Gasteiger partial charge in [0.15, 0.2) is 0 Å². The van der Waals surface area contributed by atoms with Crippen LogP contribution in [0.5, 0.6) is 0 Å². The minimum absolute atomic E-state index is 0.795. The molecule has 1 saturated heterocycles. The monoisotopic (exact) mass is 258 g/mol. The summed E-state index contributed by atoms with van der Waals surface area (Å²) < 4.78 is 0. The lowest BCUT2D eigenvalue weighted by atomic mass is 9.98. The zero-order chi connectivity index (χ0) is 13.2. The standard InChI is InChI=1S/C17H26N2/c1-13-7-9-19(10-8-13)17-6-3-15(11-14(17)2)12-18-16-4-5-16/h3,6,11,13,16,18H,4-5,7-10,12H2,1-2H3. The van der Waals surface area contributed by atoms with Gasteiger partial charge in [0, 0.05) is 31.4 Å². The summed E-state index contributed by atoms with van der Waals surface area (Å²) in [5, 5.41) is 3.59. The lowest BCUT2D eigenvalue weighted by Crippen LogP contribution is -2.33. The molecule has 1 saturated carbocycles. The molecule has 1 aromatic rings. The number of hydrogen-bond acceptors (Lipinski definition) is 2. The number of anilines is 1. The number of aryl methyl sites for hydroxylation is 1. The third-order valence-electron chi connectivity index (χ3n) is 4.56. The molecule has 19 heavy (non-hydrogen) atoms. The van der Waals surface area contributed by atoms with E-state index in [9.17, 15) is 0 Å². The van der Waals surface area contributed by atoms with Crippen LogP contribution >= 0.6 is 0 Å². The molecule has 1 aliphatic heterocycles. The van der Waals surface area contributed by atoms with E-state index < -0.39 is 0 Å². The molecule has 1 N–H and O–H groups in total. The first-order chi connectivity index (χ1) is 9.22. The fourth-order valence-corrected chi connectivity index (χ4v) is 2.98. The van der Waals surface area contributed by atoms with Crippen LogP contribution in [0.1, 0.15) is 43.7 Å². The summed E-state index contributed by atoms with van der Waals surface area (Å²) in [6.07, 6.45) is 5.40. The van der Waals surface area contributed by atoms with Crippen molar-refractivity contribution in [3.63, 3.8) is 0 Å². The van der Waals surface area contributed by atoms with E-state index in [-0.39, 0.29) is 0 Å². The van der Waals surface area contributed by atoms with Crippen LogP contribution in [0.25, 0.3) is 0 Å². The summed E-state index contributed by atoms with van der Waals surface area (Å²) in [5.74, 6) is 0.901. The lowest BCUT2D eigenvalue weighted by Gasteiger charge is -2.33. The third-order valence-corrected chi connectivity index (χ3v) is 4.56. The Morgan fingerprint density at radius 3 is 2.53 bits per heavy atom. The fraction of sp³-hybridized carbons (Fsp3) is 0.647. The zero-order valence-corrected chi connectivity index (χ0v) is 12.3. The average Bonchev–Trinajstić information content (AvgIpc) is 3.22. The molecule has 0 amide bonds. The number of nitrogens with one attached hydrogen (secondary N) is 1. The number of hydrogen-bond donors (Lipinski definition) is 1. The van der Waals surface area contributed by atoms with Gasteiger partial charge in [-0.05, 0) is 55.7 Å². The Balaban J connectivity index is 1.64. The van der Waals surface area contributed by atoms with Gasteiger partial charge in [-0.25, -0.2) is 0 Å². The van der Waals surface area contributed by atoms with E-state index in [1.165, 1.54) is 55.6 Å². The van der Waals surface area contributed by atoms with Gasteiger partial charge >= 0.3 is 0 Å². The van der Waals surface area contributed by atoms with Crippen molar-refractivity contribution < 1.29 is 0 Å². The van der Waals surface area contributed by atoms with Crippen molar-refractivity contribution in [3.05, 3.63) is 29.3 Å². The average molecular weight is 258 g/mol. The van der Waals surface area contributed by atoms with Crippen LogP contribution in [0.3, 0.4) is 0 Å². The summed E-state index contributed by atoms with van der Waals surface area (Å²) in [6.45, 7) is 8.11. The highest BCUT2D eigenvalue weighted by Gasteiger charge is 2.20. The van der Waals surface area contributed by atoms with E-state index >= 15 is 0 Å². The molecule has 104 valence electrons. The molecule has 0 aromatic heterocycles. The van der Waals surface area contributed by atoms with Crippen LogP contribution in [0.4, 0.5) is 5.69 Å². The molecule has 2 nitrogen and oxygen atoms in total. The molecule has 1 heterocycles. The molecule has 1 aliphatic carbocycles. The SMILES string of the molecule is Cc1cc(CNC2CC2)ccc1N1CCC(C)CC1. The van der Waals surface area contributed by atoms with Gasteiger partial charge in [0.05, 0.1) is 0 Å². The Hall–Kier alpha value is -1.02. The topological polar surface area (TPSA) is 15.3 Å². The minimum Gasteiger partial charge on any atom is -0.371 e. The van der Waals surface area contributed by atoms with Crippen LogP contribution < -0.4 is 10.2 Å². The van der Waals surface area contributed by atoms with Crippen LogP contribution in [-0.2, 0) is 6.54 Å². The Bertz CT molecular complexity index is 429. The molecular weight excluding hydrogens is 232 g/mol. The van der Waals surface area contributed by atoms with E-state index in [1.54, 1.807) is 0 Å². The molecular formula is C17H26N2. The maximum absolute atomic E-state index is 3.59. The van der Waals surface area contributed by atoms with Gasteiger partial charge in [0.2, 0.25) is 0 Å². The first-order valence-corrected chi connectivity index (χ1v) is 7.80. The number of rotatable bonds is 4. The van der Waals surface area contributed by atoms with Crippen LogP contribution in [-0.4, -0.2) is 19.1 Å². The molecule has 2 aliphatic rings. The number of nitrogens with zero attached hydrogens (tertiary/aromatic N) is 1. The van der Waals surface area contributed by atoms with E-state index in [2.05, 4.69) is 42.3 Å². The first kappa shape index (κ1) is 13.0. The second kappa shape index (κ2) is 5.54. The van der Waals surface area contributed by atoms with Crippen molar-refractivity contribution in [2.75, 3.05) is 18.0 Å². The minimum atomic E-state index is 0.795. The molecule has 2 heteroatoms. The predicted molar refractivity (Wildman–Crippen MR) is 81.7 cm³/mol. The summed E-state index contributed by atoms with van der Waals surface area (Å²) in [7, 11) is 0. The quantitative estimate of drug-likeness (QED) is 0.889. The molecule has 0 atom stereocenters. The van der Waals surface area contributed by atoms with E-state index in [0.29, 0.717) is 0 Å². The molecule has 1 aromatic carbocycles. The van der Waals surface area contributed by atoms with Gasteiger partial charge in [-0.15, -0.1) is 0 Å². The van der Waals surface area contributed by atoms with Crippen LogP contribution in [0.15, 0.2) is 18.2 Å². The summed E-state index contributed by atoms with van der Waals surface area (Å²) in [6, 6.07) is 7.79. The van der Waals surface area contributed by atoms with Gasteiger partial charge in [-0.3, -0.25) is 0 Å². The number of piperidine rings is 1. The summed E-state index contributed by atoms with van der Waals surface area (Å²) >= 11 is 0. The van der Waals surface area contributed by atoms with Crippen molar-refractivity contribution in [1.82, 2.24) is 5.32 Å². The maximum Gasteiger partial charge on any atom is 0.0396 e. The Labute approximate surface area is 117 Å². The van der Waals surface area contributed by atoms with Crippen LogP contribution in [0, 0.1) is 12.8 Å². The van der Waals surface area contributed by atoms with Gasteiger partial charge in [-0.2, -0.15) is 0 Å². The Morgan fingerprint density at radius 1 is 1.16 bits per heavy atom. The van der Waals surface area contributed by atoms with Gasteiger partial charge in [0.1, 0.15) is 0 Å². The van der Waals surface area contributed by atoms with Crippen molar-refractivity contribution in [1.29, 1.82) is 0 Å². The molecule has 0 radical (unpaired) electrons. The van der Waals surface area contributed by atoms with Crippen molar-refractivity contribution >= 4 is 5.69 Å². The third kappa shape index (κ3) is 3.30. The van der Waals surface area contributed by atoms with Gasteiger partial charge in [-0.1, -0.05) is 19.1 Å². The second-order valence-corrected chi connectivity index (χ2v) is 6.45. The Morgan fingerprint density at radius 2 is 1.89 bits per heavy atom. The van der Waals surface area contributed by atoms with Gasteiger partial charge < -0.3 is 10.2 Å². The van der Waals surface area contributed by atoms with Crippen molar-refractivity contribution in [2.24, 2.45) is 5.92 Å². The molecule has 3 rings (SSSR count). The number of benzene rings is 1. The molecule has 2 fully saturated rings. The normalized spacial score (nSPS) is 20.8. The van der Waals surface area contributed by atoms with Crippen LogP contribution in [0.2, 0.25) is 0 Å². The highest BCUT2D eigenvalue weighted by molar-refractivity contribution is 5.54. The largest absolute Gasteiger partial charge is 0.371 e. The van der Waals surface area contributed by atoms with E-state index in [4.69, 9.17) is 0 Å². The maximum atomic E-state index is 3.59. The second-order valence-electron chi connectivity index (χ2n) is 6.45. The lowest BCUT2D eigenvalue weighted by molar-refractivity contribution is 0.438. The molecule has 0 unspecified atom stereocenters. The van der Waals surface area contributed by atoms with Crippen molar-refractivity contribution in [2.45, 2.75) is 52.1 Å². The highest BCUT2D eigenvalue weighted by Crippen LogP contribution is 2.27. The highest BCUT2D eigenvalue weighted by atomic mass is 15.1. The molecule has 0 spiro atoms. The summed E-state index contributed by atoms with van der Waals surface area (Å²) in [4.78, 5) is 2.56. The van der Waals surface area contributed by atoms with Gasteiger partial charge in [0.25, 0.3) is 0 Å². The van der Waals surface area contributed by atoms with Crippen molar-refractivity contribution in [3.8, 4) is 0 Å². The van der Waals surface area contributed by atoms with E-state index in [1.807, 2.05) is 0 Å². The summed E-state index contributed by atoms with van der Waals surface area (Å²) in [5.41, 5.74) is 4.31. The smallest absolute Gasteiger partial charge is 0.0396 e. The molecule has 0 bridgehead atoms. The van der Waals surface area contributed by atoms with E-state index in [0.717, 1.165) is 18.5 Å². The Kier molecular flexibility index (Phi) is 3.79. The fourth-order valence-electron chi connectivity index (χ4n) is 2.98. The zero-order valence-electron chi connectivity index (χ0n) is 12.3. The first-order valence-electron chi connectivity index (χ1n) is 7.80. The predicted octanol–water partition coefficient (Wildman–Crippen LogP) is 3.48.